The minimum atomic E-state index is -2.82. The molecule has 0 aromatic heterocycles. The summed E-state index contributed by atoms with van der Waals surface area (Å²) in [5.74, 6) is -4.96. The first kappa shape index (κ1) is 12.1. The molecule has 0 saturated heterocycles. The molecule has 0 bridgehead atoms. The maximum Gasteiger partial charge on any atom is 0.309 e. The molecule has 1 fully saturated rings. The van der Waals surface area contributed by atoms with Crippen molar-refractivity contribution in [3.05, 3.63) is 0 Å². The monoisotopic (exact) mass is 220 g/mol. The number of rotatable bonds is 3. The summed E-state index contributed by atoms with van der Waals surface area (Å²) in [5.41, 5.74) is 0. The molecule has 0 radical (unpaired) electrons. The molecule has 1 aliphatic rings. The normalized spacial score (nSPS) is 29.5. The number of hydrogen-bond acceptors (Lipinski definition) is 3. The van der Waals surface area contributed by atoms with Crippen LogP contribution in [-0.4, -0.2) is 24.8 Å². The van der Waals surface area contributed by atoms with Crippen molar-refractivity contribution in [1.82, 2.24) is 0 Å². The Morgan fingerprint density at radius 1 is 1.60 bits per heavy atom. The molecular weight excluding hydrogens is 206 g/mol. The molecule has 2 atom stereocenters. The fourth-order valence-electron chi connectivity index (χ4n) is 1.85. The fourth-order valence-corrected chi connectivity index (χ4v) is 1.85. The lowest BCUT2D eigenvalue weighted by atomic mass is 9.78. The number of halogens is 2. The molecule has 0 N–H and O–H groups in total. The number of hydrogen-bond donors (Lipinski definition) is 0. The van der Waals surface area contributed by atoms with Gasteiger partial charge < -0.3 is 9.53 Å². The van der Waals surface area contributed by atoms with Crippen molar-refractivity contribution in [2.45, 2.75) is 32.1 Å². The van der Waals surface area contributed by atoms with Crippen molar-refractivity contribution in [3.63, 3.8) is 0 Å². The molecule has 5 heteroatoms. The van der Waals surface area contributed by atoms with Gasteiger partial charge in [-0.15, -0.1) is 0 Å². The largest absolute Gasteiger partial charge is 0.466 e. The minimum absolute atomic E-state index is 0.0231. The van der Waals surface area contributed by atoms with Gasteiger partial charge in [-0.1, -0.05) is 0 Å². The van der Waals surface area contributed by atoms with Crippen LogP contribution in [0.5, 0.6) is 0 Å². The molecule has 0 amide bonds. The first-order valence-corrected chi connectivity index (χ1v) is 5.00. The van der Waals surface area contributed by atoms with Gasteiger partial charge in [0.1, 0.15) is 6.29 Å². The van der Waals surface area contributed by atoms with E-state index in [0.717, 1.165) is 0 Å². The zero-order valence-corrected chi connectivity index (χ0v) is 8.54. The van der Waals surface area contributed by atoms with Crippen LogP contribution in [0, 0.1) is 11.8 Å². The molecule has 1 aliphatic carbocycles. The van der Waals surface area contributed by atoms with Crippen LogP contribution in [0.25, 0.3) is 0 Å². The van der Waals surface area contributed by atoms with Crippen LogP contribution < -0.4 is 0 Å². The lowest BCUT2D eigenvalue weighted by Crippen LogP contribution is -2.37. The number of aldehydes is 1. The van der Waals surface area contributed by atoms with Gasteiger partial charge in [0.05, 0.1) is 12.5 Å². The van der Waals surface area contributed by atoms with E-state index >= 15 is 0 Å². The highest BCUT2D eigenvalue weighted by atomic mass is 19.3. The Labute approximate surface area is 86.8 Å². The van der Waals surface area contributed by atoms with Gasteiger partial charge in [0.15, 0.2) is 0 Å². The number of ether oxygens (including phenoxy) is 1. The maximum absolute atomic E-state index is 13.0. The number of alkyl halides is 2. The summed E-state index contributed by atoms with van der Waals surface area (Å²) in [6.45, 7) is 1.85. The molecule has 15 heavy (non-hydrogen) atoms. The van der Waals surface area contributed by atoms with Gasteiger partial charge in [0.25, 0.3) is 0 Å². The lowest BCUT2D eigenvalue weighted by Gasteiger charge is -2.31. The van der Waals surface area contributed by atoms with Crippen molar-refractivity contribution in [2.24, 2.45) is 11.8 Å². The highest BCUT2D eigenvalue weighted by molar-refractivity contribution is 5.77. The van der Waals surface area contributed by atoms with Gasteiger partial charge >= 0.3 is 5.97 Å². The highest BCUT2D eigenvalue weighted by Crippen LogP contribution is 2.39. The third-order valence-electron chi connectivity index (χ3n) is 2.64. The van der Waals surface area contributed by atoms with Crippen LogP contribution in [0.2, 0.25) is 0 Å². The van der Waals surface area contributed by atoms with E-state index in [1.54, 1.807) is 6.92 Å². The van der Waals surface area contributed by atoms with Crippen LogP contribution in [0.15, 0.2) is 0 Å². The predicted molar refractivity (Wildman–Crippen MR) is 48.5 cm³/mol. The number of esters is 1. The maximum atomic E-state index is 13.0. The van der Waals surface area contributed by atoms with Crippen LogP contribution in [0.3, 0.4) is 0 Å². The molecule has 1 saturated carbocycles. The van der Waals surface area contributed by atoms with Crippen molar-refractivity contribution in [1.29, 1.82) is 0 Å². The van der Waals surface area contributed by atoms with E-state index in [4.69, 9.17) is 4.74 Å². The van der Waals surface area contributed by atoms with E-state index < -0.39 is 30.1 Å². The fraction of sp³-hybridized carbons (Fsp3) is 0.800. The van der Waals surface area contributed by atoms with E-state index in [0.29, 0.717) is 6.29 Å². The topological polar surface area (TPSA) is 43.4 Å². The Morgan fingerprint density at radius 2 is 2.27 bits per heavy atom. The zero-order valence-electron chi connectivity index (χ0n) is 8.54. The molecule has 86 valence electrons. The third-order valence-corrected chi connectivity index (χ3v) is 2.64. The van der Waals surface area contributed by atoms with Crippen molar-refractivity contribution < 1.29 is 23.1 Å². The zero-order chi connectivity index (χ0) is 11.5. The second-order valence-electron chi connectivity index (χ2n) is 3.76. The SMILES string of the molecule is CCOC(=O)C1CCC(F)(F)CC1C=O. The summed E-state index contributed by atoms with van der Waals surface area (Å²) in [7, 11) is 0. The first-order valence-electron chi connectivity index (χ1n) is 5.00. The predicted octanol–water partition coefficient (Wildman–Crippen LogP) is 1.80. The smallest absolute Gasteiger partial charge is 0.309 e. The van der Waals surface area contributed by atoms with Gasteiger partial charge in [-0.05, 0) is 13.3 Å². The van der Waals surface area contributed by atoms with Gasteiger partial charge in [-0.2, -0.15) is 0 Å². The summed E-state index contributed by atoms with van der Waals surface area (Å²) < 4.78 is 30.6. The summed E-state index contributed by atoms with van der Waals surface area (Å²) in [6.07, 6.45) is -0.426. The average Bonchev–Trinajstić information content (AvgIpc) is 2.16. The molecule has 2 unspecified atom stereocenters. The molecule has 0 aromatic carbocycles. The van der Waals surface area contributed by atoms with Crippen LogP contribution in [0.4, 0.5) is 8.78 Å². The Balaban J connectivity index is 2.66. The second kappa shape index (κ2) is 4.68. The average molecular weight is 220 g/mol. The van der Waals surface area contributed by atoms with Crippen molar-refractivity contribution in [3.8, 4) is 0 Å². The third kappa shape index (κ3) is 2.97. The van der Waals surface area contributed by atoms with Gasteiger partial charge in [0, 0.05) is 18.8 Å². The molecular formula is C10H14F2O3. The van der Waals surface area contributed by atoms with Gasteiger partial charge in [-0.25, -0.2) is 8.78 Å². The molecule has 0 aromatic rings. The first-order chi connectivity index (χ1) is 7.00. The quantitative estimate of drug-likeness (QED) is 0.538. The number of carbonyl (C=O) groups excluding carboxylic acids is 2. The van der Waals surface area contributed by atoms with Crippen LogP contribution >= 0.6 is 0 Å². The van der Waals surface area contributed by atoms with E-state index in [1.165, 1.54) is 0 Å². The van der Waals surface area contributed by atoms with E-state index in [-0.39, 0.29) is 19.4 Å². The molecule has 0 heterocycles. The van der Waals surface area contributed by atoms with Gasteiger partial charge in [-0.3, -0.25) is 4.79 Å². The van der Waals surface area contributed by atoms with E-state index in [2.05, 4.69) is 0 Å². The number of carbonyl (C=O) groups is 2. The second-order valence-corrected chi connectivity index (χ2v) is 3.76. The van der Waals surface area contributed by atoms with Crippen LogP contribution in [-0.2, 0) is 14.3 Å². The van der Waals surface area contributed by atoms with E-state index in [1.807, 2.05) is 0 Å². The van der Waals surface area contributed by atoms with Gasteiger partial charge in [0.2, 0.25) is 5.92 Å². The highest BCUT2D eigenvalue weighted by Gasteiger charge is 2.44. The lowest BCUT2D eigenvalue weighted by molar-refractivity contribution is -0.158. The van der Waals surface area contributed by atoms with Crippen molar-refractivity contribution >= 4 is 12.3 Å². The Morgan fingerprint density at radius 3 is 2.80 bits per heavy atom. The standard InChI is InChI=1S/C10H14F2O3/c1-2-15-9(14)8-3-4-10(11,12)5-7(8)6-13/h6-8H,2-5H2,1H3. The Kier molecular flexibility index (Phi) is 3.77. The minimum Gasteiger partial charge on any atom is -0.466 e. The molecule has 0 aliphatic heterocycles. The molecule has 0 spiro atoms. The summed E-state index contributed by atoms with van der Waals surface area (Å²) >= 11 is 0. The summed E-state index contributed by atoms with van der Waals surface area (Å²) in [4.78, 5) is 22.0. The summed E-state index contributed by atoms with van der Waals surface area (Å²) in [5, 5.41) is 0. The van der Waals surface area contributed by atoms with Crippen LogP contribution in [0.1, 0.15) is 26.2 Å². The Bertz CT molecular complexity index is 253. The Hall–Kier alpha value is -1.00. The van der Waals surface area contributed by atoms with E-state index in [9.17, 15) is 18.4 Å². The van der Waals surface area contributed by atoms with Crippen molar-refractivity contribution in [2.75, 3.05) is 6.61 Å². The molecule has 1 rings (SSSR count). The summed E-state index contributed by atoms with van der Waals surface area (Å²) in [6, 6.07) is 0. The molecule has 3 nitrogen and oxygen atoms in total.